The van der Waals surface area contributed by atoms with Gasteiger partial charge in [0.2, 0.25) is 11.8 Å². The first-order valence-electron chi connectivity index (χ1n) is 14.8. The highest BCUT2D eigenvalue weighted by molar-refractivity contribution is 7.92. The standard InChI is InChI=1S/C35H35ClF3N3O4S/c1-24(2)40-34(44)32(20-26-12-6-4-7-13-26)41(22-27-14-10-11-25(3)19-27)33(43)23-42(47(45,46)29-15-8-5-9-16-29)31-21-28(35(37,38)39)17-18-30(31)36/h4-19,21,24,32H,20,22-23H2,1-3H3,(H,40,44)/t32-/m1/s1. The van der Waals surface area contributed by atoms with Crippen molar-refractivity contribution in [3.05, 3.63) is 130 Å². The third-order valence-electron chi connectivity index (χ3n) is 7.29. The molecule has 1 atom stereocenters. The number of halogens is 4. The number of carbonyl (C=O) groups is 2. The molecule has 0 spiro atoms. The van der Waals surface area contributed by atoms with Crippen molar-refractivity contribution in [1.29, 1.82) is 0 Å². The molecule has 0 saturated heterocycles. The molecule has 2 amide bonds. The van der Waals surface area contributed by atoms with E-state index in [1.165, 1.54) is 29.2 Å². The molecule has 0 bridgehead atoms. The number of rotatable bonds is 12. The second-order valence-corrected chi connectivity index (χ2v) is 13.6. The van der Waals surface area contributed by atoms with Crippen molar-refractivity contribution < 1.29 is 31.2 Å². The first-order chi connectivity index (χ1) is 22.2. The molecule has 0 fully saturated rings. The smallest absolute Gasteiger partial charge is 0.352 e. The van der Waals surface area contributed by atoms with E-state index < -0.39 is 51.9 Å². The van der Waals surface area contributed by atoms with Crippen LogP contribution in [0.1, 0.15) is 36.1 Å². The van der Waals surface area contributed by atoms with Crippen molar-refractivity contribution in [2.75, 3.05) is 10.8 Å². The fraction of sp³-hybridized carbons (Fsp3) is 0.257. The minimum atomic E-state index is -4.82. The summed E-state index contributed by atoms with van der Waals surface area (Å²) in [5, 5.41) is 2.55. The Kier molecular flexibility index (Phi) is 11.4. The van der Waals surface area contributed by atoms with Gasteiger partial charge in [0.15, 0.2) is 0 Å². The van der Waals surface area contributed by atoms with Crippen LogP contribution in [0.3, 0.4) is 0 Å². The molecular weight excluding hydrogens is 651 g/mol. The maximum atomic E-state index is 14.5. The molecule has 0 unspecified atom stereocenters. The second kappa shape index (κ2) is 15.0. The maximum absolute atomic E-state index is 14.5. The molecule has 0 radical (unpaired) electrons. The summed E-state index contributed by atoms with van der Waals surface area (Å²) in [6.07, 6.45) is -4.73. The molecular formula is C35H35ClF3N3O4S. The van der Waals surface area contributed by atoms with Crippen LogP contribution < -0.4 is 9.62 Å². The molecule has 7 nitrogen and oxygen atoms in total. The summed E-state index contributed by atoms with van der Waals surface area (Å²) in [4.78, 5) is 29.3. The van der Waals surface area contributed by atoms with Gasteiger partial charge >= 0.3 is 6.18 Å². The number of sulfonamides is 1. The summed E-state index contributed by atoms with van der Waals surface area (Å²) in [7, 11) is -4.64. The minimum absolute atomic E-state index is 0.0842. The Hall–Kier alpha value is -4.35. The number of alkyl halides is 3. The van der Waals surface area contributed by atoms with Crippen LogP contribution in [-0.4, -0.2) is 43.8 Å². The third kappa shape index (κ3) is 9.14. The SMILES string of the molecule is Cc1cccc(CN(C(=O)CN(c2cc(C(F)(F)F)ccc2Cl)S(=O)(=O)c2ccccc2)[C@H](Cc2ccccc2)C(=O)NC(C)C)c1. The molecule has 47 heavy (non-hydrogen) atoms. The Morgan fingerprint density at radius 1 is 0.851 bits per heavy atom. The van der Waals surface area contributed by atoms with Crippen LogP contribution in [-0.2, 0) is 38.8 Å². The lowest BCUT2D eigenvalue weighted by Gasteiger charge is -2.34. The number of hydrogen-bond acceptors (Lipinski definition) is 4. The molecule has 0 aliphatic carbocycles. The van der Waals surface area contributed by atoms with Crippen molar-refractivity contribution in [3.8, 4) is 0 Å². The van der Waals surface area contributed by atoms with Gasteiger partial charge in [0.25, 0.3) is 10.0 Å². The average Bonchev–Trinajstić information content (AvgIpc) is 3.02. The van der Waals surface area contributed by atoms with Crippen LogP contribution in [0.2, 0.25) is 5.02 Å². The first kappa shape index (κ1) is 35.5. The predicted octanol–water partition coefficient (Wildman–Crippen LogP) is 7.03. The quantitative estimate of drug-likeness (QED) is 0.174. The average molecular weight is 686 g/mol. The van der Waals surface area contributed by atoms with Crippen molar-refractivity contribution >= 4 is 39.1 Å². The highest BCUT2D eigenvalue weighted by Gasteiger charge is 2.37. The summed E-state index contributed by atoms with van der Waals surface area (Å²) in [5.74, 6) is -1.29. The highest BCUT2D eigenvalue weighted by atomic mass is 35.5. The van der Waals surface area contributed by atoms with Crippen LogP contribution in [0.5, 0.6) is 0 Å². The molecule has 248 valence electrons. The Balaban J connectivity index is 1.87. The van der Waals surface area contributed by atoms with Crippen molar-refractivity contribution in [3.63, 3.8) is 0 Å². The van der Waals surface area contributed by atoms with Gasteiger partial charge in [-0.05, 0) is 62.2 Å². The molecule has 0 aliphatic rings. The Labute approximate surface area is 278 Å². The molecule has 4 aromatic rings. The van der Waals surface area contributed by atoms with Gasteiger partial charge in [-0.15, -0.1) is 0 Å². The number of carbonyl (C=O) groups excluding carboxylic acids is 2. The number of aryl methyl sites for hydroxylation is 1. The van der Waals surface area contributed by atoms with Crippen LogP contribution in [0, 0.1) is 6.92 Å². The predicted molar refractivity (Wildman–Crippen MR) is 176 cm³/mol. The fourth-order valence-electron chi connectivity index (χ4n) is 5.05. The van der Waals surface area contributed by atoms with Gasteiger partial charge in [0.05, 0.1) is 21.2 Å². The van der Waals surface area contributed by atoms with E-state index in [0.717, 1.165) is 23.3 Å². The van der Waals surface area contributed by atoms with E-state index in [1.54, 1.807) is 56.3 Å². The molecule has 4 aromatic carbocycles. The molecule has 4 rings (SSSR count). The largest absolute Gasteiger partial charge is 0.416 e. The van der Waals surface area contributed by atoms with Gasteiger partial charge < -0.3 is 10.2 Å². The van der Waals surface area contributed by atoms with E-state index >= 15 is 0 Å². The lowest BCUT2D eigenvalue weighted by Crippen LogP contribution is -2.54. The van der Waals surface area contributed by atoms with E-state index in [4.69, 9.17) is 11.6 Å². The minimum Gasteiger partial charge on any atom is -0.352 e. The monoisotopic (exact) mass is 685 g/mol. The summed E-state index contributed by atoms with van der Waals surface area (Å²) in [6.45, 7) is 4.39. The molecule has 0 heterocycles. The zero-order chi connectivity index (χ0) is 34.4. The molecule has 12 heteroatoms. The summed E-state index contributed by atoms with van der Waals surface area (Å²) < 4.78 is 70.2. The van der Waals surface area contributed by atoms with E-state index in [1.807, 2.05) is 25.1 Å². The van der Waals surface area contributed by atoms with Crippen LogP contribution in [0.4, 0.5) is 18.9 Å². The molecule has 0 aliphatic heterocycles. The normalized spacial score (nSPS) is 12.4. The van der Waals surface area contributed by atoms with Gasteiger partial charge in [-0.2, -0.15) is 13.2 Å². The number of hydrogen-bond donors (Lipinski definition) is 1. The highest BCUT2D eigenvalue weighted by Crippen LogP contribution is 2.37. The summed E-state index contributed by atoms with van der Waals surface area (Å²) >= 11 is 6.36. The van der Waals surface area contributed by atoms with E-state index in [2.05, 4.69) is 5.32 Å². The van der Waals surface area contributed by atoms with Crippen molar-refractivity contribution in [2.45, 2.75) is 56.9 Å². The van der Waals surface area contributed by atoms with E-state index in [-0.39, 0.29) is 28.9 Å². The number of anilines is 1. The molecule has 0 aromatic heterocycles. The van der Waals surface area contributed by atoms with Gasteiger partial charge in [0.1, 0.15) is 12.6 Å². The van der Waals surface area contributed by atoms with Crippen molar-refractivity contribution in [2.24, 2.45) is 0 Å². The lowest BCUT2D eigenvalue weighted by molar-refractivity contribution is -0.140. The Morgan fingerprint density at radius 3 is 2.06 bits per heavy atom. The number of amides is 2. The van der Waals surface area contributed by atoms with Gasteiger partial charge in [0, 0.05) is 19.0 Å². The van der Waals surface area contributed by atoms with Crippen LogP contribution in [0.25, 0.3) is 0 Å². The fourth-order valence-corrected chi connectivity index (χ4v) is 6.77. The zero-order valence-electron chi connectivity index (χ0n) is 26.0. The first-order valence-corrected chi connectivity index (χ1v) is 16.6. The van der Waals surface area contributed by atoms with Crippen LogP contribution >= 0.6 is 11.6 Å². The Morgan fingerprint density at radius 2 is 1.47 bits per heavy atom. The number of benzene rings is 4. The zero-order valence-corrected chi connectivity index (χ0v) is 27.6. The molecule has 1 N–H and O–H groups in total. The number of nitrogens with one attached hydrogen (secondary N) is 1. The third-order valence-corrected chi connectivity index (χ3v) is 9.38. The topological polar surface area (TPSA) is 86.8 Å². The van der Waals surface area contributed by atoms with Crippen molar-refractivity contribution in [1.82, 2.24) is 10.2 Å². The van der Waals surface area contributed by atoms with E-state index in [9.17, 15) is 31.2 Å². The van der Waals surface area contributed by atoms with Crippen LogP contribution in [0.15, 0.2) is 108 Å². The van der Waals surface area contributed by atoms with E-state index in [0.29, 0.717) is 15.9 Å². The Bertz CT molecular complexity index is 1800. The summed E-state index contributed by atoms with van der Waals surface area (Å²) in [5.41, 5.74) is 0.634. The number of nitrogens with zero attached hydrogens (tertiary/aromatic N) is 2. The van der Waals surface area contributed by atoms with Gasteiger partial charge in [-0.1, -0.05) is 90.0 Å². The maximum Gasteiger partial charge on any atom is 0.416 e. The molecule has 0 saturated carbocycles. The summed E-state index contributed by atoms with van der Waals surface area (Å²) in [6, 6.07) is 24.2. The second-order valence-electron chi connectivity index (χ2n) is 11.4. The van der Waals surface area contributed by atoms with Gasteiger partial charge in [-0.3, -0.25) is 13.9 Å². The van der Waals surface area contributed by atoms with Gasteiger partial charge in [-0.25, -0.2) is 8.42 Å². The lowest BCUT2D eigenvalue weighted by atomic mass is 10.0.